The van der Waals surface area contributed by atoms with Crippen molar-refractivity contribution in [2.75, 3.05) is 5.43 Å². The molecule has 10 rings (SSSR count). The standard InChI is InChI=1S/C49H34N4/c50-48(39-29-37(33-14-4-1-5-15-33)28-38(30-39)34-16-6-2-7-17-34)43-22-12-13-23-45(43)51-53-47-32-46-36(26-27-52(46)40-19-8-3-9-20-40)31-44(47)42-25-24-35-18-10-11-21-41(35)49(42)53/h1-32,50-51H. The van der Waals surface area contributed by atoms with E-state index < -0.39 is 0 Å². The molecular weight excluding hydrogens is 645 g/mol. The molecule has 0 amide bonds. The molecule has 2 aromatic heterocycles. The zero-order valence-electron chi connectivity index (χ0n) is 28.9. The van der Waals surface area contributed by atoms with Gasteiger partial charge in [0.1, 0.15) is 0 Å². The van der Waals surface area contributed by atoms with Gasteiger partial charge in [-0.25, -0.2) is 0 Å². The molecule has 4 heteroatoms. The normalized spacial score (nSPS) is 11.5. The van der Waals surface area contributed by atoms with Crippen LogP contribution < -0.4 is 5.43 Å². The van der Waals surface area contributed by atoms with Crippen LogP contribution in [0.25, 0.3) is 71.4 Å². The minimum Gasteiger partial charge on any atom is -0.316 e. The van der Waals surface area contributed by atoms with Crippen molar-refractivity contribution >= 4 is 54.9 Å². The summed E-state index contributed by atoms with van der Waals surface area (Å²) < 4.78 is 4.49. The molecule has 0 atom stereocenters. The number of hydrogen-bond donors (Lipinski definition) is 2. The fraction of sp³-hybridized carbons (Fsp3) is 0. The van der Waals surface area contributed by atoms with Crippen molar-refractivity contribution in [1.29, 1.82) is 5.41 Å². The molecule has 250 valence electrons. The molecule has 10 aromatic rings. The number of fused-ring (bicyclic) bond motifs is 6. The lowest BCUT2D eigenvalue weighted by Gasteiger charge is -2.18. The Balaban J connectivity index is 1.16. The number of rotatable bonds is 7. The molecule has 0 aliphatic heterocycles. The van der Waals surface area contributed by atoms with Gasteiger partial charge in [-0.1, -0.05) is 133 Å². The maximum atomic E-state index is 9.77. The van der Waals surface area contributed by atoms with Gasteiger partial charge in [-0.3, -0.25) is 15.5 Å². The van der Waals surface area contributed by atoms with Crippen LogP contribution in [0.5, 0.6) is 0 Å². The van der Waals surface area contributed by atoms with Crippen molar-refractivity contribution in [1.82, 2.24) is 9.24 Å². The highest BCUT2D eigenvalue weighted by Gasteiger charge is 2.19. The van der Waals surface area contributed by atoms with E-state index in [-0.39, 0.29) is 0 Å². The second-order valence-corrected chi connectivity index (χ2v) is 13.5. The van der Waals surface area contributed by atoms with Crippen molar-refractivity contribution in [3.05, 3.63) is 205 Å². The van der Waals surface area contributed by atoms with Gasteiger partial charge in [-0.15, -0.1) is 0 Å². The van der Waals surface area contributed by atoms with Crippen molar-refractivity contribution in [2.45, 2.75) is 0 Å². The number of benzene rings is 8. The highest BCUT2D eigenvalue weighted by molar-refractivity contribution is 6.20. The summed E-state index contributed by atoms with van der Waals surface area (Å²) in [5, 5.41) is 15.7. The summed E-state index contributed by atoms with van der Waals surface area (Å²) in [4.78, 5) is 0. The smallest absolute Gasteiger partial charge is 0.0788 e. The Labute approximate surface area is 307 Å². The Morgan fingerprint density at radius 1 is 0.453 bits per heavy atom. The van der Waals surface area contributed by atoms with Gasteiger partial charge in [0.25, 0.3) is 0 Å². The Kier molecular flexibility index (Phi) is 7.26. The summed E-state index contributed by atoms with van der Waals surface area (Å²) in [6.07, 6.45) is 2.15. The van der Waals surface area contributed by atoms with E-state index in [1.165, 1.54) is 26.9 Å². The molecule has 0 fully saturated rings. The van der Waals surface area contributed by atoms with Gasteiger partial charge >= 0.3 is 0 Å². The average Bonchev–Trinajstić information content (AvgIpc) is 3.79. The fourth-order valence-electron chi connectivity index (χ4n) is 7.78. The lowest BCUT2D eigenvalue weighted by atomic mass is 9.92. The van der Waals surface area contributed by atoms with E-state index in [2.05, 4.69) is 179 Å². The van der Waals surface area contributed by atoms with Crippen LogP contribution in [-0.2, 0) is 0 Å². The van der Waals surface area contributed by atoms with E-state index in [9.17, 15) is 5.41 Å². The number of anilines is 1. The lowest BCUT2D eigenvalue weighted by molar-refractivity contribution is 1.06. The minimum absolute atomic E-state index is 0.453. The molecule has 0 saturated heterocycles. The second-order valence-electron chi connectivity index (χ2n) is 13.5. The van der Waals surface area contributed by atoms with Crippen LogP contribution in [0, 0.1) is 5.41 Å². The van der Waals surface area contributed by atoms with Crippen molar-refractivity contribution in [3.8, 4) is 27.9 Å². The summed E-state index contributed by atoms with van der Waals surface area (Å²) in [5.41, 5.74) is 15.7. The van der Waals surface area contributed by atoms with E-state index >= 15 is 0 Å². The molecule has 2 heterocycles. The third-order valence-electron chi connectivity index (χ3n) is 10.4. The number of aromatic nitrogens is 2. The molecule has 4 nitrogen and oxygen atoms in total. The maximum absolute atomic E-state index is 9.77. The molecule has 0 aliphatic carbocycles. The van der Waals surface area contributed by atoms with E-state index in [0.717, 1.165) is 61.3 Å². The fourth-order valence-corrected chi connectivity index (χ4v) is 7.78. The van der Waals surface area contributed by atoms with E-state index in [0.29, 0.717) is 5.71 Å². The van der Waals surface area contributed by atoms with Crippen molar-refractivity contribution < 1.29 is 0 Å². The average molecular weight is 679 g/mol. The van der Waals surface area contributed by atoms with Gasteiger partial charge < -0.3 is 4.57 Å². The Morgan fingerprint density at radius 3 is 1.83 bits per heavy atom. The zero-order valence-corrected chi connectivity index (χ0v) is 28.9. The first kappa shape index (κ1) is 30.6. The molecule has 8 aromatic carbocycles. The molecule has 53 heavy (non-hydrogen) atoms. The first-order valence-electron chi connectivity index (χ1n) is 17.9. The van der Waals surface area contributed by atoms with Crippen LogP contribution in [-0.4, -0.2) is 15.0 Å². The molecule has 0 unspecified atom stereocenters. The highest BCUT2D eigenvalue weighted by Crippen LogP contribution is 2.38. The molecule has 0 aliphatic rings. The Hall–Kier alpha value is -7.17. The third-order valence-corrected chi connectivity index (χ3v) is 10.4. The lowest BCUT2D eigenvalue weighted by Crippen LogP contribution is -2.13. The first-order valence-corrected chi connectivity index (χ1v) is 17.9. The zero-order chi connectivity index (χ0) is 35.3. The van der Waals surface area contributed by atoms with E-state index in [4.69, 9.17) is 0 Å². The van der Waals surface area contributed by atoms with Crippen LogP contribution in [0.4, 0.5) is 5.69 Å². The number of nitrogens with one attached hydrogen (secondary N) is 2. The summed E-state index contributed by atoms with van der Waals surface area (Å²) in [7, 11) is 0. The van der Waals surface area contributed by atoms with Crippen molar-refractivity contribution in [3.63, 3.8) is 0 Å². The molecule has 0 saturated carbocycles. The van der Waals surface area contributed by atoms with E-state index in [1.807, 2.05) is 30.3 Å². The molecule has 2 N–H and O–H groups in total. The highest BCUT2D eigenvalue weighted by atomic mass is 15.4. The minimum atomic E-state index is 0.453. The monoisotopic (exact) mass is 678 g/mol. The molecule has 0 radical (unpaired) electrons. The van der Waals surface area contributed by atoms with Crippen LogP contribution in [0.2, 0.25) is 0 Å². The predicted octanol–water partition coefficient (Wildman–Crippen LogP) is 12.5. The van der Waals surface area contributed by atoms with Crippen molar-refractivity contribution in [2.24, 2.45) is 0 Å². The molecule has 0 spiro atoms. The summed E-state index contributed by atoms with van der Waals surface area (Å²) in [6.45, 7) is 0. The van der Waals surface area contributed by atoms with Crippen LogP contribution in [0.3, 0.4) is 0 Å². The quantitative estimate of drug-likeness (QED) is 0.162. The second kappa shape index (κ2) is 12.6. The first-order chi connectivity index (χ1) is 26.2. The number of hydrogen-bond acceptors (Lipinski definition) is 2. The summed E-state index contributed by atoms with van der Waals surface area (Å²) in [5.74, 6) is 0. The van der Waals surface area contributed by atoms with Crippen LogP contribution in [0.15, 0.2) is 194 Å². The molecular formula is C49H34N4. The number of para-hydroxylation sites is 2. The third kappa shape index (κ3) is 5.28. The van der Waals surface area contributed by atoms with E-state index in [1.54, 1.807) is 0 Å². The van der Waals surface area contributed by atoms with Gasteiger partial charge in [-0.2, -0.15) is 0 Å². The Morgan fingerprint density at radius 2 is 1.09 bits per heavy atom. The largest absolute Gasteiger partial charge is 0.316 e. The van der Waals surface area contributed by atoms with Crippen LogP contribution in [0.1, 0.15) is 11.1 Å². The predicted molar refractivity (Wildman–Crippen MR) is 222 cm³/mol. The SMILES string of the molecule is N=C(c1cc(-c2ccccc2)cc(-c2ccccc2)c1)c1ccccc1Nn1c2cc3c(ccn3-c3ccccc3)cc2c2ccc3ccccc3c21. The van der Waals surface area contributed by atoms with Gasteiger partial charge in [0.2, 0.25) is 0 Å². The number of nitrogens with zero attached hydrogens (tertiary/aromatic N) is 2. The topological polar surface area (TPSA) is 45.7 Å². The Bertz CT molecular complexity index is 2920. The maximum Gasteiger partial charge on any atom is 0.0788 e. The van der Waals surface area contributed by atoms with Gasteiger partial charge in [-0.05, 0) is 82.2 Å². The van der Waals surface area contributed by atoms with Gasteiger partial charge in [0, 0.05) is 44.6 Å². The van der Waals surface area contributed by atoms with Gasteiger partial charge in [0.05, 0.1) is 27.9 Å². The van der Waals surface area contributed by atoms with Gasteiger partial charge in [0.15, 0.2) is 0 Å². The molecule has 0 bridgehead atoms. The van der Waals surface area contributed by atoms with Crippen LogP contribution >= 0.6 is 0 Å². The summed E-state index contributed by atoms with van der Waals surface area (Å²) in [6, 6.07) is 65.9. The summed E-state index contributed by atoms with van der Waals surface area (Å²) >= 11 is 0.